The van der Waals surface area contributed by atoms with E-state index in [1.165, 1.54) is 37.1 Å². The molecule has 0 unspecified atom stereocenters. The van der Waals surface area contributed by atoms with Crippen molar-refractivity contribution in [3.63, 3.8) is 0 Å². The Hall–Kier alpha value is -0.860. The normalized spacial score (nSPS) is 16.6. The van der Waals surface area contributed by atoms with E-state index in [9.17, 15) is 0 Å². The summed E-state index contributed by atoms with van der Waals surface area (Å²) in [5, 5.41) is 3.46. The molecule has 100 valence electrons. The van der Waals surface area contributed by atoms with Crippen LogP contribution < -0.4 is 5.32 Å². The molecule has 2 heteroatoms. The minimum absolute atomic E-state index is 0.583. The van der Waals surface area contributed by atoms with Crippen molar-refractivity contribution in [2.75, 3.05) is 19.6 Å². The molecule has 1 aromatic carbocycles. The van der Waals surface area contributed by atoms with Gasteiger partial charge in [-0.15, -0.1) is 0 Å². The Morgan fingerprint density at radius 3 is 2.28 bits per heavy atom. The van der Waals surface area contributed by atoms with Crippen LogP contribution in [0, 0.1) is 0 Å². The van der Waals surface area contributed by atoms with Gasteiger partial charge in [0.15, 0.2) is 0 Å². The van der Waals surface area contributed by atoms with Gasteiger partial charge >= 0.3 is 0 Å². The van der Waals surface area contributed by atoms with Crippen LogP contribution >= 0.6 is 0 Å². The third kappa shape index (κ3) is 4.43. The molecule has 1 aliphatic heterocycles. The first-order chi connectivity index (χ1) is 8.74. The van der Waals surface area contributed by atoms with E-state index in [4.69, 9.17) is 0 Å². The van der Waals surface area contributed by atoms with Gasteiger partial charge in [0.25, 0.3) is 0 Å². The number of hydrogen-bond donors (Lipinski definition) is 1. The van der Waals surface area contributed by atoms with E-state index in [1.54, 1.807) is 0 Å². The molecule has 2 nitrogen and oxygen atoms in total. The van der Waals surface area contributed by atoms with Crippen LogP contribution in [-0.2, 0) is 13.0 Å². The number of hydrogen-bond acceptors (Lipinski definition) is 2. The molecule has 1 N–H and O–H groups in total. The van der Waals surface area contributed by atoms with Gasteiger partial charge in [-0.3, -0.25) is 4.90 Å². The summed E-state index contributed by atoms with van der Waals surface area (Å²) in [6.45, 7) is 9.14. The largest absolute Gasteiger partial charge is 0.314 e. The zero-order valence-corrected chi connectivity index (χ0v) is 11.8. The molecule has 0 aliphatic carbocycles. The summed E-state index contributed by atoms with van der Waals surface area (Å²) in [5.41, 5.74) is 2.89. The van der Waals surface area contributed by atoms with Crippen molar-refractivity contribution in [2.24, 2.45) is 0 Å². The van der Waals surface area contributed by atoms with Crippen molar-refractivity contribution in [3.8, 4) is 0 Å². The molecule has 2 rings (SSSR count). The summed E-state index contributed by atoms with van der Waals surface area (Å²) in [5.74, 6) is 0. The fourth-order valence-corrected chi connectivity index (χ4v) is 2.52. The van der Waals surface area contributed by atoms with Crippen molar-refractivity contribution in [2.45, 2.75) is 45.7 Å². The van der Waals surface area contributed by atoms with Crippen LogP contribution in [0.2, 0.25) is 0 Å². The first-order valence-corrected chi connectivity index (χ1v) is 7.27. The lowest BCUT2D eigenvalue weighted by Crippen LogP contribution is -2.24. The molecule has 1 aromatic rings. The second kappa shape index (κ2) is 6.91. The van der Waals surface area contributed by atoms with Crippen molar-refractivity contribution >= 4 is 0 Å². The van der Waals surface area contributed by atoms with E-state index in [0.717, 1.165) is 19.5 Å². The summed E-state index contributed by atoms with van der Waals surface area (Å²) in [6, 6.07) is 9.74. The van der Waals surface area contributed by atoms with Crippen LogP contribution in [-0.4, -0.2) is 30.6 Å². The van der Waals surface area contributed by atoms with Crippen molar-refractivity contribution in [1.82, 2.24) is 10.2 Å². The van der Waals surface area contributed by atoms with Crippen molar-refractivity contribution in [1.29, 1.82) is 0 Å². The van der Waals surface area contributed by atoms with Gasteiger partial charge in [-0.1, -0.05) is 38.1 Å². The molecule has 0 amide bonds. The topological polar surface area (TPSA) is 15.3 Å². The zero-order chi connectivity index (χ0) is 12.8. The summed E-state index contributed by atoms with van der Waals surface area (Å²) in [7, 11) is 0. The monoisotopic (exact) mass is 246 g/mol. The van der Waals surface area contributed by atoms with Gasteiger partial charge in [0.1, 0.15) is 0 Å². The molecular formula is C16H26N2. The van der Waals surface area contributed by atoms with Gasteiger partial charge in [-0.05, 0) is 50.0 Å². The average Bonchev–Trinajstić information content (AvgIpc) is 2.84. The Kier molecular flexibility index (Phi) is 5.21. The van der Waals surface area contributed by atoms with E-state index >= 15 is 0 Å². The molecule has 0 atom stereocenters. The van der Waals surface area contributed by atoms with Crippen LogP contribution in [0.1, 0.15) is 37.8 Å². The van der Waals surface area contributed by atoms with Gasteiger partial charge in [0.2, 0.25) is 0 Å². The molecule has 0 saturated carbocycles. The van der Waals surface area contributed by atoms with Crippen LogP contribution in [0.15, 0.2) is 24.3 Å². The Balaban J connectivity index is 1.77. The summed E-state index contributed by atoms with van der Waals surface area (Å²) in [6.07, 6.45) is 3.88. The van der Waals surface area contributed by atoms with Gasteiger partial charge < -0.3 is 5.32 Å². The second-order valence-corrected chi connectivity index (χ2v) is 5.66. The first kappa shape index (κ1) is 13.6. The summed E-state index contributed by atoms with van der Waals surface area (Å²) in [4.78, 5) is 2.55. The molecule has 18 heavy (non-hydrogen) atoms. The summed E-state index contributed by atoms with van der Waals surface area (Å²) >= 11 is 0. The summed E-state index contributed by atoms with van der Waals surface area (Å²) < 4.78 is 0. The van der Waals surface area contributed by atoms with E-state index in [-0.39, 0.29) is 0 Å². The quantitative estimate of drug-likeness (QED) is 0.830. The smallest absolute Gasteiger partial charge is 0.0233 e. The van der Waals surface area contributed by atoms with Gasteiger partial charge in [0, 0.05) is 12.6 Å². The number of rotatable bonds is 6. The maximum Gasteiger partial charge on any atom is 0.0233 e. The highest BCUT2D eigenvalue weighted by atomic mass is 15.1. The number of nitrogens with one attached hydrogen (secondary N) is 1. The minimum atomic E-state index is 0.583. The van der Waals surface area contributed by atoms with Gasteiger partial charge in [0.05, 0.1) is 0 Å². The molecule has 1 heterocycles. The number of likely N-dealkylation sites (tertiary alicyclic amines) is 1. The lowest BCUT2D eigenvalue weighted by molar-refractivity contribution is 0.331. The van der Waals surface area contributed by atoms with Crippen LogP contribution in [0.3, 0.4) is 0 Å². The van der Waals surface area contributed by atoms with Gasteiger partial charge in [-0.2, -0.15) is 0 Å². The molecule has 1 aliphatic rings. The third-order valence-electron chi connectivity index (χ3n) is 3.59. The van der Waals surface area contributed by atoms with E-state index in [0.29, 0.717) is 6.04 Å². The number of benzene rings is 1. The van der Waals surface area contributed by atoms with E-state index < -0.39 is 0 Å². The van der Waals surface area contributed by atoms with Crippen molar-refractivity contribution < 1.29 is 0 Å². The van der Waals surface area contributed by atoms with E-state index in [2.05, 4.69) is 48.3 Å². The predicted octanol–water partition coefficient (Wildman–Crippen LogP) is 2.82. The van der Waals surface area contributed by atoms with Crippen LogP contribution in [0.25, 0.3) is 0 Å². The zero-order valence-electron chi connectivity index (χ0n) is 11.8. The Bertz CT molecular complexity index is 337. The first-order valence-electron chi connectivity index (χ1n) is 7.27. The highest BCUT2D eigenvalue weighted by Gasteiger charge is 2.11. The maximum atomic E-state index is 3.46. The van der Waals surface area contributed by atoms with Crippen molar-refractivity contribution in [3.05, 3.63) is 35.4 Å². The lowest BCUT2D eigenvalue weighted by Gasteiger charge is -2.14. The molecule has 1 saturated heterocycles. The Morgan fingerprint density at radius 2 is 1.67 bits per heavy atom. The standard InChI is InChI=1S/C16H26N2/c1-14(2)17-10-9-15-5-7-16(8-6-15)13-18-11-3-4-12-18/h5-8,14,17H,3-4,9-13H2,1-2H3. The minimum Gasteiger partial charge on any atom is -0.314 e. The molecular weight excluding hydrogens is 220 g/mol. The van der Waals surface area contributed by atoms with Crippen LogP contribution in [0.4, 0.5) is 0 Å². The molecule has 0 aromatic heterocycles. The second-order valence-electron chi connectivity index (χ2n) is 5.66. The maximum absolute atomic E-state index is 3.46. The molecule has 0 spiro atoms. The highest BCUT2D eigenvalue weighted by molar-refractivity contribution is 5.22. The Morgan fingerprint density at radius 1 is 1.06 bits per heavy atom. The molecule has 0 bridgehead atoms. The van der Waals surface area contributed by atoms with E-state index in [1.807, 2.05) is 0 Å². The number of nitrogens with zero attached hydrogens (tertiary/aromatic N) is 1. The SMILES string of the molecule is CC(C)NCCc1ccc(CN2CCCC2)cc1. The fraction of sp³-hybridized carbons (Fsp3) is 0.625. The highest BCUT2D eigenvalue weighted by Crippen LogP contribution is 2.13. The molecule has 1 fully saturated rings. The predicted molar refractivity (Wildman–Crippen MR) is 77.8 cm³/mol. The van der Waals surface area contributed by atoms with Gasteiger partial charge in [-0.25, -0.2) is 0 Å². The fourth-order valence-electron chi connectivity index (χ4n) is 2.52. The Labute approximate surface area is 111 Å². The average molecular weight is 246 g/mol. The lowest BCUT2D eigenvalue weighted by atomic mass is 10.1. The van der Waals surface area contributed by atoms with Crippen LogP contribution in [0.5, 0.6) is 0 Å². The molecule has 0 radical (unpaired) electrons. The third-order valence-corrected chi connectivity index (χ3v) is 3.59.